The fourth-order valence-electron chi connectivity index (χ4n) is 1.22. The first kappa shape index (κ1) is 14.1. The summed E-state index contributed by atoms with van der Waals surface area (Å²) in [6.07, 6.45) is 1.69. The lowest BCUT2D eigenvalue weighted by atomic mass is 9.93. The molecule has 0 aromatic rings. The van der Waals surface area contributed by atoms with Gasteiger partial charge in [0.15, 0.2) is 5.54 Å². The van der Waals surface area contributed by atoms with Crippen LogP contribution >= 0.6 is 0 Å². The lowest BCUT2D eigenvalue weighted by Crippen LogP contribution is -2.23. The Hall–Kier alpha value is -0.910. The van der Waals surface area contributed by atoms with Gasteiger partial charge in [0.05, 0.1) is 11.6 Å². The SMILES string of the molecule is CCC(C)(C)/N=N/C(C)(C#N)CC(C)C. The Balaban J connectivity index is 4.66. The van der Waals surface area contributed by atoms with Gasteiger partial charge < -0.3 is 0 Å². The first-order valence-corrected chi connectivity index (χ1v) is 5.60. The summed E-state index contributed by atoms with van der Waals surface area (Å²) in [6.45, 7) is 12.2. The summed E-state index contributed by atoms with van der Waals surface area (Å²) >= 11 is 0. The van der Waals surface area contributed by atoms with Gasteiger partial charge in [-0.05, 0) is 39.5 Å². The minimum atomic E-state index is -0.666. The summed E-state index contributed by atoms with van der Waals surface area (Å²) in [7, 11) is 0. The van der Waals surface area contributed by atoms with Crippen molar-refractivity contribution in [1.29, 1.82) is 5.26 Å². The van der Waals surface area contributed by atoms with E-state index in [2.05, 4.69) is 37.1 Å². The average Bonchev–Trinajstić information content (AvgIpc) is 2.14. The number of azo groups is 1. The van der Waals surface area contributed by atoms with Crippen molar-refractivity contribution in [2.75, 3.05) is 0 Å². The lowest BCUT2D eigenvalue weighted by Gasteiger charge is -2.21. The van der Waals surface area contributed by atoms with Gasteiger partial charge in [-0.1, -0.05) is 20.8 Å². The maximum Gasteiger partial charge on any atom is 0.164 e. The van der Waals surface area contributed by atoms with E-state index in [-0.39, 0.29) is 5.54 Å². The second-order valence-electron chi connectivity index (χ2n) is 5.35. The molecule has 0 rings (SSSR count). The van der Waals surface area contributed by atoms with Crippen LogP contribution in [0.1, 0.15) is 54.4 Å². The fraction of sp³-hybridized carbons (Fsp3) is 0.917. The second-order valence-corrected chi connectivity index (χ2v) is 5.35. The number of hydrogen-bond acceptors (Lipinski definition) is 3. The van der Waals surface area contributed by atoms with Crippen LogP contribution in [0.4, 0.5) is 0 Å². The van der Waals surface area contributed by atoms with Crippen LogP contribution in [0.5, 0.6) is 0 Å². The smallest absolute Gasteiger partial charge is 0.164 e. The number of nitriles is 1. The van der Waals surface area contributed by atoms with Crippen molar-refractivity contribution < 1.29 is 0 Å². The summed E-state index contributed by atoms with van der Waals surface area (Å²) in [4.78, 5) is 0. The van der Waals surface area contributed by atoms with Crippen LogP contribution in [-0.2, 0) is 0 Å². The van der Waals surface area contributed by atoms with Crippen LogP contribution in [-0.4, -0.2) is 11.1 Å². The first-order chi connectivity index (χ1) is 6.74. The first-order valence-electron chi connectivity index (χ1n) is 5.60. The lowest BCUT2D eigenvalue weighted by molar-refractivity contribution is 0.392. The van der Waals surface area contributed by atoms with Crippen molar-refractivity contribution in [1.82, 2.24) is 0 Å². The predicted octanol–water partition coefficient (Wildman–Crippen LogP) is 3.96. The van der Waals surface area contributed by atoms with Gasteiger partial charge >= 0.3 is 0 Å². The van der Waals surface area contributed by atoms with Crippen LogP contribution in [0.2, 0.25) is 0 Å². The zero-order valence-electron chi connectivity index (χ0n) is 10.8. The molecule has 0 aromatic heterocycles. The van der Waals surface area contributed by atoms with E-state index in [0.717, 1.165) is 12.8 Å². The van der Waals surface area contributed by atoms with E-state index in [0.29, 0.717) is 5.92 Å². The highest BCUT2D eigenvalue weighted by molar-refractivity contribution is 5.03. The van der Waals surface area contributed by atoms with E-state index in [1.807, 2.05) is 20.8 Å². The van der Waals surface area contributed by atoms with E-state index in [1.54, 1.807) is 0 Å². The predicted molar refractivity (Wildman–Crippen MR) is 62.7 cm³/mol. The maximum atomic E-state index is 9.10. The zero-order valence-corrected chi connectivity index (χ0v) is 10.8. The van der Waals surface area contributed by atoms with Gasteiger partial charge in [0.2, 0.25) is 0 Å². The van der Waals surface area contributed by atoms with E-state index < -0.39 is 5.54 Å². The van der Waals surface area contributed by atoms with Crippen molar-refractivity contribution in [2.45, 2.75) is 65.5 Å². The largest absolute Gasteiger partial charge is 0.196 e. The summed E-state index contributed by atoms with van der Waals surface area (Å²) < 4.78 is 0. The Bertz CT molecular complexity index is 261. The molecule has 0 bridgehead atoms. The molecule has 15 heavy (non-hydrogen) atoms. The monoisotopic (exact) mass is 209 g/mol. The highest BCUT2D eigenvalue weighted by atomic mass is 15.2. The molecule has 0 saturated carbocycles. The van der Waals surface area contributed by atoms with Crippen LogP contribution in [0.15, 0.2) is 10.2 Å². The molecule has 1 atom stereocenters. The van der Waals surface area contributed by atoms with E-state index in [1.165, 1.54) is 0 Å². The second kappa shape index (κ2) is 5.25. The van der Waals surface area contributed by atoms with Gasteiger partial charge in [-0.25, -0.2) is 0 Å². The molecule has 0 aliphatic heterocycles. The molecule has 0 heterocycles. The highest BCUT2D eigenvalue weighted by Crippen LogP contribution is 2.23. The van der Waals surface area contributed by atoms with Gasteiger partial charge in [0.25, 0.3) is 0 Å². The van der Waals surface area contributed by atoms with Crippen molar-refractivity contribution in [3.63, 3.8) is 0 Å². The Kier molecular flexibility index (Phi) is 4.93. The molecule has 1 unspecified atom stereocenters. The van der Waals surface area contributed by atoms with Gasteiger partial charge in [-0.3, -0.25) is 0 Å². The molecule has 0 N–H and O–H groups in total. The summed E-state index contributed by atoms with van der Waals surface area (Å²) in [6, 6.07) is 2.25. The van der Waals surface area contributed by atoms with Crippen molar-refractivity contribution in [3.05, 3.63) is 0 Å². The normalized spacial score (nSPS) is 16.7. The quantitative estimate of drug-likeness (QED) is 0.632. The van der Waals surface area contributed by atoms with E-state index in [4.69, 9.17) is 5.26 Å². The van der Waals surface area contributed by atoms with Crippen LogP contribution in [0.3, 0.4) is 0 Å². The number of nitrogens with zero attached hydrogens (tertiary/aromatic N) is 3. The van der Waals surface area contributed by atoms with E-state index >= 15 is 0 Å². The highest BCUT2D eigenvalue weighted by Gasteiger charge is 2.26. The summed E-state index contributed by atoms with van der Waals surface area (Å²) in [5.74, 6) is 0.457. The van der Waals surface area contributed by atoms with Crippen LogP contribution in [0, 0.1) is 17.2 Å². The standard InChI is InChI=1S/C12H23N3/c1-7-11(4,5)14-15-12(6,9-13)8-10(2)3/h10H,7-8H2,1-6H3/b15-14+. The third-order valence-electron chi connectivity index (χ3n) is 2.45. The number of hydrogen-bond donors (Lipinski definition) is 0. The van der Waals surface area contributed by atoms with Gasteiger partial charge in [0.1, 0.15) is 0 Å². The third kappa shape index (κ3) is 5.51. The molecule has 0 aromatic carbocycles. The van der Waals surface area contributed by atoms with Crippen molar-refractivity contribution in [2.24, 2.45) is 16.1 Å². The summed E-state index contributed by atoms with van der Waals surface area (Å²) in [5, 5.41) is 17.6. The fourth-order valence-corrected chi connectivity index (χ4v) is 1.22. The minimum Gasteiger partial charge on any atom is -0.196 e. The molecule has 0 saturated heterocycles. The molecule has 0 radical (unpaired) electrons. The van der Waals surface area contributed by atoms with Gasteiger partial charge in [0, 0.05) is 0 Å². The minimum absolute atomic E-state index is 0.158. The van der Waals surface area contributed by atoms with Crippen LogP contribution < -0.4 is 0 Å². The Morgan fingerprint density at radius 1 is 1.20 bits per heavy atom. The maximum absolute atomic E-state index is 9.10. The van der Waals surface area contributed by atoms with Crippen LogP contribution in [0.25, 0.3) is 0 Å². The van der Waals surface area contributed by atoms with Gasteiger partial charge in [-0.15, -0.1) is 0 Å². The average molecular weight is 209 g/mol. The Morgan fingerprint density at radius 3 is 2.07 bits per heavy atom. The molecule has 0 fully saturated rings. The van der Waals surface area contributed by atoms with Gasteiger partial charge in [-0.2, -0.15) is 15.5 Å². The molecule has 3 nitrogen and oxygen atoms in total. The molecule has 0 spiro atoms. The molecular weight excluding hydrogens is 186 g/mol. The summed E-state index contributed by atoms with van der Waals surface area (Å²) in [5.41, 5.74) is -0.824. The number of rotatable bonds is 5. The molecule has 3 heteroatoms. The Labute approximate surface area is 93.6 Å². The molecule has 0 aliphatic carbocycles. The zero-order chi connectivity index (χ0) is 12.1. The molecule has 86 valence electrons. The molecule has 0 amide bonds. The van der Waals surface area contributed by atoms with Crippen molar-refractivity contribution >= 4 is 0 Å². The van der Waals surface area contributed by atoms with Crippen molar-refractivity contribution in [3.8, 4) is 6.07 Å². The molecular formula is C12H23N3. The molecule has 0 aliphatic rings. The topological polar surface area (TPSA) is 48.5 Å². The third-order valence-corrected chi connectivity index (χ3v) is 2.45. The van der Waals surface area contributed by atoms with E-state index in [9.17, 15) is 0 Å². The Morgan fingerprint density at radius 2 is 1.73 bits per heavy atom.